The molecule has 1 aromatic carbocycles. The molecule has 1 amide bonds. The lowest BCUT2D eigenvalue weighted by Crippen LogP contribution is -2.42. The van der Waals surface area contributed by atoms with E-state index in [1.807, 2.05) is 0 Å². The minimum absolute atomic E-state index is 0.0875. The van der Waals surface area contributed by atoms with Crippen molar-refractivity contribution >= 4 is 58.5 Å². The minimum atomic E-state index is -4.59. The quantitative estimate of drug-likeness (QED) is 0.293. The second-order valence-corrected chi connectivity index (χ2v) is 9.53. The van der Waals surface area contributed by atoms with E-state index in [1.54, 1.807) is 29.6 Å². The van der Waals surface area contributed by atoms with Crippen LogP contribution in [0.2, 0.25) is 10.2 Å². The van der Waals surface area contributed by atoms with Crippen molar-refractivity contribution < 1.29 is 18.0 Å². The first-order valence-electron chi connectivity index (χ1n) is 10.6. The monoisotopic (exact) mass is 528 g/mol. The van der Waals surface area contributed by atoms with E-state index in [-0.39, 0.29) is 28.7 Å². The van der Waals surface area contributed by atoms with Crippen molar-refractivity contribution in [1.82, 2.24) is 15.3 Å². The Bertz CT molecular complexity index is 1210. The molecule has 0 radical (unpaired) electrons. The van der Waals surface area contributed by atoms with Crippen LogP contribution in [0.15, 0.2) is 36.5 Å². The number of pyridine rings is 2. The van der Waals surface area contributed by atoms with Gasteiger partial charge in [-0.15, -0.1) is 0 Å². The second-order valence-electron chi connectivity index (χ2n) is 8.30. The summed E-state index contributed by atoms with van der Waals surface area (Å²) in [6, 6.07) is 7.07. The molecule has 2 aromatic heterocycles. The van der Waals surface area contributed by atoms with Crippen LogP contribution in [0.1, 0.15) is 47.3 Å². The molecule has 0 atom stereocenters. The lowest BCUT2D eigenvalue weighted by Gasteiger charge is -2.35. The molecule has 0 saturated heterocycles. The Kier molecular flexibility index (Phi) is 7.17. The fourth-order valence-electron chi connectivity index (χ4n) is 4.23. The van der Waals surface area contributed by atoms with Crippen molar-refractivity contribution in [2.45, 2.75) is 50.9 Å². The molecule has 1 aliphatic carbocycles. The molecule has 0 aliphatic heterocycles. The Balaban J connectivity index is 1.51. The largest absolute Gasteiger partial charge is 0.433 e. The zero-order valence-electron chi connectivity index (χ0n) is 18.0. The summed E-state index contributed by atoms with van der Waals surface area (Å²) >= 11 is 16.8. The lowest BCUT2D eigenvalue weighted by atomic mass is 9.90. The van der Waals surface area contributed by atoms with Gasteiger partial charge in [-0.2, -0.15) is 13.2 Å². The summed E-state index contributed by atoms with van der Waals surface area (Å²) in [5.74, 6) is -0.286. The summed E-state index contributed by atoms with van der Waals surface area (Å²) in [5, 5.41) is 4.04. The lowest BCUT2D eigenvalue weighted by molar-refractivity contribution is -0.140. The molecule has 2 heterocycles. The zero-order chi connectivity index (χ0) is 24.6. The molecule has 1 fully saturated rings. The van der Waals surface area contributed by atoms with Crippen molar-refractivity contribution in [2.75, 3.05) is 4.31 Å². The van der Waals surface area contributed by atoms with Gasteiger partial charge < -0.3 is 9.62 Å². The van der Waals surface area contributed by atoms with Crippen LogP contribution in [0.5, 0.6) is 0 Å². The van der Waals surface area contributed by atoms with Crippen molar-refractivity contribution in [2.24, 2.45) is 0 Å². The van der Waals surface area contributed by atoms with Gasteiger partial charge in [0, 0.05) is 28.7 Å². The maximum absolute atomic E-state index is 13.5. The second kappa shape index (κ2) is 9.79. The molecule has 11 heteroatoms. The predicted molar refractivity (Wildman–Crippen MR) is 131 cm³/mol. The number of aromatic nitrogens is 2. The number of benzene rings is 1. The van der Waals surface area contributed by atoms with E-state index in [1.165, 1.54) is 12.1 Å². The number of hydrogen-bond donors (Lipinski definition) is 2. The number of nitrogens with zero attached hydrogens (tertiary/aromatic N) is 3. The van der Waals surface area contributed by atoms with Crippen molar-refractivity contribution in [3.05, 3.63) is 63.5 Å². The van der Waals surface area contributed by atoms with Crippen molar-refractivity contribution in [3.8, 4) is 0 Å². The van der Waals surface area contributed by atoms with E-state index in [0.717, 1.165) is 11.6 Å². The number of nitrogens with one attached hydrogen (secondary N) is 1. The Morgan fingerprint density at radius 2 is 1.85 bits per heavy atom. The van der Waals surface area contributed by atoms with Crippen LogP contribution >= 0.6 is 36.0 Å². The van der Waals surface area contributed by atoms with Crippen LogP contribution in [-0.2, 0) is 6.18 Å². The summed E-state index contributed by atoms with van der Waals surface area (Å²) in [7, 11) is 0. The molecule has 1 saturated carbocycles. The van der Waals surface area contributed by atoms with Crippen LogP contribution in [0.3, 0.4) is 0 Å². The van der Waals surface area contributed by atoms with Crippen LogP contribution in [0.4, 0.5) is 18.9 Å². The number of aryl methyl sites for hydroxylation is 1. The smallest absolute Gasteiger partial charge is 0.349 e. The van der Waals surface area contributed by atoms with E-state index in [4.69, 9.17) is 23.2 Å². The van der Waals surface area contributed by atoms with Gasteiger partial charge in [0.05, 0.1) is 16.8 Å². The molecule has 0 spiro atoms. The highest BCUT2D eigenvalue weighted by atomic mass is 35.5. The van der Waals surface area contributed by atoms with Gasteiger partial charge in [0.2, 0.25) is 0 Å². The standard InChI is InChI=1S/C23H21Cl2F3N4OS/c1-12-8-9-29-21(25)20(12)22(33)30-14-3-5-15(6-4-14)32(34)18-11-19(23(26,27)28)31-17-7-2-13(24)10-16(17)18/h2,7-11,14-15,34H,3-6H2,1H3,(H,30,33). The third kappa shape index (κ3) is 5.21. The average Bonchev–Trinajstić information content (AvgIpc) is 2.77. The third-order valence-corrected chi connectivity index (χ3v) is 7.07. The molecule has 5 nitrogen and oxygen atoms in total. The first-order chi connectivity index (χ1) is 16.0. The van der Waals surface area contributed by atoms with E-state index >= 15 is 0 Å². The number of carbonyl (C=O) groups is 1. The van der Waals surface area contributed by atoms with Crippen molar-refractivity contribution in [3.63, 3.8) is 0 Å². The molecule has 180 valence electrons. The van der Waals surface area contributed by atoms with Crippen LogP contribution < -0.4 is 9.62 Å². The molecule has 3 aromatic rings. The van der Waals surface area contributed by atoms with Crippen LogP contribution in [-0.4, -0.2) is 28.0 Å². The van der Waals surface area contributed by atoms with Gasteiger partial charge in [-0.1, -0.05) is 36.0 Å². The maximum Gasteiger partial charge on any atom is 0.433 e. The SMILES string of the molecule is Cc1ccnc(Cl)c1C(=O)NC1CCC(N(S)c2cc(C(F)(F)F)nc3ccc(Cl)cc23)CC1. The van der Waals surface area contributed by atoms with E-state index < -0.39 is 11.9 Å². The number of thiol groups is 1. The maximum atomic E-state index is 13.5. The fourth-order valence-corrected chi connectivity index (χ4v) is 5.09. The fraction of sp³-hybridized carbons (Fsp3) is 0.348. The molecule has 34 heavy (non-hydrogen) atoms. The van der Waals surface area contributed by atoms with E-state index in [9.17, 15) is 18.0 Å². The number of carbonyl (C=O) groups excluding carboxylic acids is 1. The first-order valence-corrected chi connectivity index (χ1v) is 11.8. The van der Waals surface area contributed by atoms with Gasteiger partial charge in [-0.3, -0.25) is 4.79 Å². The van der Waals surface area contributed by atoms with Gasteiger partial charge in [-0.05, 0) is 68.5 Å². The Hall–Kier alpha value is -2.23. The zero-order valence-corrected chi connectivity index (χ0v) is 20.4. The van der Waals surface area contributed by atoms with Crippen LogP contribution in [0, 0.1) is 6.92 Å². The normalized spacial score (nSPS) is 18.7. The first kappa shape index (κ1) is 24.9. The highest BCUT2D eigenvalue weighted by molar-refractivity contribution is 7.81. The highest BCUT2D eigenvalue weighted by Crippen LogP contribution is 2.39. The average molecular weight is 529 g/mol. The van der Waals surface area contributed by atoms with Crippen LogP contribution in [0.25, 0.3) is 10.9 Å². The molecule has 4 rings (SSSR count). The molecule has 0 bridgehead atoms. The number of fused-ring (bicyclic) bond motifs is 1. The number of hydrogen-bond acceptors (Lipinski definition) is 5. The van der Waals surface area contributed by atoms with Gasteiger partial charge in [0.1, 0.15) is 10.8 Å². The van der Waals surface area contributed by atoms with Gasteiger partial charge in [0.15, 0.2) is 0 Å². The van der Waals surface area contributed by atoms with E-state index in [2.05, 4.69) is 28.1 Å². The van der Waals surface area contributed by atoms with E-state index in [0.29, 0.717) is 47.3 Å². The Morgan fingerprint density at radius 1 is 1.15 bits per heavy atom. The Morgan fingerprint density at radius 3 is 2.50 bits per heavy atom. The van der Waals surface area contributed by atoms with Gasteiger partial charge in [0.25, 0.3) is 5.91 Å². The highest BCUT2D eigenvalue weighted by Gasteiger charge is 2.35. The summed E-state index contributed by atoms with van der Waals surface area (Å²) in [5.41, 5.74) is 0.589. The molecule has 1 N–H and O–H groups in total. The number of alkyl halides is 3. The summed E-state index contributed by atoms with van der Waals surface area (Å²) in [4.78, 5) is 20.4. The number of amides is 1. The summed E-state index contributed by atoms with van der Waals surface area (Å²) in [6.45, 7) is 1.79. The van der Waals surface area contributed by atoms with Crippen molar-refractivity contribution in [1.29, 1.82) is 0 Å². The van der Waals surface area contributed by atoms with Gasteiger partial charge >= 0.3 is 6.18 Å². The Labute approximate surface area is 210 Å². The molecular weight excluding hydrogens is 508 g/mol. The number of halogens is 5. The molecular formula is C23H21Cl2F3N4OS. The van der Waals surface area contributed by atoms with Gasteiger partial charge in [-0.25, -0.2) is 9.97 Å². The third-order valence-electron chi connectivity index (χ3n) is 6.00. The predicted octanol–water partition coefficient (Wildman–Crippen LogP) is 6.66. The topological polar surface area (TPSA) is 58.1 Å². The summed E-state index contributed by atoms with van der Waals surface area (Å²) < 4.78 is 42.0. The summed E-state index contributed by atoms with van der Waals surface area (Å²) in [6.07, 6.45) is -0.521. The minimum Gasteiger partial charge on any atom is -0.349 e. The number of rotatable bonds is 4. The number of anilines is 1. The molecule has 1 aliphatic rings. The molecule has 0 unspecified atom stereocenters.